The first-order valence-electron chi connectivity index (χ1n) is 14.6. The van der Waals surface area contributed by atoms with Crippen molar-refractivity contribution in [3.63, 3.8) is 0 Å². The van der Waals surface area contributed by atoms with Crippen LogP contribution in [0.5, 0.6) is 0 Å². The Morgan fingerprint density at radius 2 is 1.21 bits per heavy atom. The quantitative estimate of drug-likeness (QED) is 0.101. The van der Waals surface area contributed by atoms with Crippen LogP contribution in [-0.4, -0.2) is 53.1 Å². The van der Waals surface area contributed by atoms with Crippen LogP contribution < -0.4 is 0 Å². The van der Waals surface area contributed by atoms with Crippen LogP contribution in [0.25, 0.3) is 21.8 Å². The number of carbonyl (C=O) groups is 4. The van der Waals surface area contributed by atoms with Gasteiger partial charge in [0.25, 0.3) is 0 Å². The van der Waals surface area contributed by atoms with Crippen molar-refractivity contribution in [2.24, 2.45) is 16.2 Å². The lowest BCUT2D eigenvalue weighted by Gasteiger charge is -2.17. The Bertz CT molecular complexity index is 1450. The third-order valence-corrected chi connectivity index (χ3v) is 6.86. The van der Waals surface area contributed by atoms with Crippen LogP contribution in [0.2, 0.25) is 0 Å². The molecule has 0 bridgehead atoms. The molecule has 0 saturated heterocycles. The molecule has 3 rings (SSSR count). The zero-order valence-electron chi connectivity index (χ0n) is 25.6. The molecule has 1 atom stereocenters. The summed E-state index contributed by atoms with van der Waals surface area (Å²) in [5.74, 6) is -2.41. The lowest BCUT2D eigenvalue weighted by Crippen LogP contribution is -2.20. The first kappa shape index (κ1) is 33.0. The molecule has 0 N–H and O–H groups in total. The predicted molar refractivity (Wildman–Crippen MR) is 163 cm³/mol. The standard InChI is InChI=1S/C32H39N3O8/c1-7-11-12-22(8-2)19-35-27-15-13-23(29(31(38)40-9-3)33-42-20(5)36)17-25(27)26-18-24(14-16-28(26)35)30(32(39)41-10-4)34-43-21(6)37/h13-18,22H,7-12,19H2,1-6H3/b33-29-,34-30-. The highest BCUT2D eigenvalue weighted by atomic mass is 16.7. The van der Waals surface area contributed by atoms with E-state index < -0.39 is 23.9 Å². The van der Waals surface area contributed by atoms with E-state index in [0.29, 0.717) is 17.0 Å². The van der Waals surface area contributed by atoms with Crippen molar-refractivity contribution in [1.29, 1.82) is 0 Å². The van der Waals surface area contributed by atoms with Crippen molar-refractivity contribution in [1.82, 2.24) is 4.57 Å². The van der Waals surface area contributed by atoms with E-state index in [-0.39, 0.29) is 24.6 Å². The highest BCUT2D eigenvalue weighted by molar-refractivity contribution is 6.44. The highest BCUT2D eigenvalue weighted by Gasteiger charge is 2.23. The lowest BCUT2D eigenvalue weighted by molar-refractivity contribution is -0.142. The molecule has 3 aromatic rings. The number of ether oxygens (including phenoxy) is 2. The van der Waals surface area contributed by atoms with Gasteiger partial charge in [0.05, 0.1) is 13.2 Å². The molecular formula is C32H39N3O8. The number of oxime groups is 2. The van der Waals surface area contributed by atoms with E-state index >= 15 is 0 Å². The minimum atomic E-state index is -0.740. The summed E-state index contributed by atoms with van der Waals surface area (Å²) in [7, 11) is 0. The van der Waals surface area contributed by atoms with E-state index in [1.165, 1.54) is 13.8 Å². The van der Waals surface area contributed by atoms with Gasteiger partial charge in [-0.1, -0.05) is 55.6 Å². The number of hydrogen-bond donors (Lipinski definition) is 0. The van der Waals surface area contributed by atoms with Crippen molar-refractivity contribution in [3.8, 4) is 0 Å². The Labute approximate surface area is 250 Å². The number of rotatable bonds is 14. The Balaban J connectivity index is 2.31. The minimum absolute atomic E-state index is 0.108. The Morgan fingerprint density at radius 3 is 1.58 bits per heavy atom. The largest absolute Gasteiger partial charge is 0.461 e. The molecule has 1 aromatic heterocycles. The molecule has 1 heterocycles. The van der Waals surface area contributed by atoms with Crippen molar-refractivity contribution in [3.05, 3.63) is 47.5 Å². The van der Waals surface area contributed by atoms with Gasteiger partial charge >= 0.3 is 23.9 Å². The third kappa shape index (κ3) is 8.27. The molecule has 0 aliphatic heterocycles. The predicted octanol–water partition coefficient (Wildman–Crippen LogP) is 5.67. The van der Waals surface area contributed by atoms with E-state index in [4.69, 9.17) is 19.1 Å². The second kappa shape index (κ2) is 15.6. The topological polar surface area (TPSA) is 135 Å². The second-order valence-corrected chi connectivity index (χ2v) is 9.98. The Morgan fingerprint density at radius 1 is 0.744 bits per heavy atom. The summed E-state index contributed by atoms with van der Waals surface area (Å²) in [5, 5.41) is 9.10. The number of aromatic nitrogens is 1. The number of benzene rings is 2. The van der Waals surface area contributed by atoms with Crippen LogP contribution in [0.1, 0.15) is 78.4 Å². The summed E-state index contributed by atoms with van der Waals surface area (Å²) in [4.78, 5) is 58.2. The fourth-order valence-corrected chi connectivity index (χ4v) is 4.81. The smallest absolute Gasteiger partial charge is 0.361 e. The molecule has 0 spiro atoms. The van der Waals surface area contributed by atoms with E-state index in [1.807, 2.05) is 12.1 Å². The Hall–Kier alpha value is -4.54. The molecule has 2 aromatic carbocycles. The lowest BCUT2D eigenvalue weighted by atomic mass is 9.99. The molecule has 1 unspecified atom stereocenters. The van der Waals surface area contributed by atoms with E-state index in [1.54, 1.807) is 38.1 Å². The van der Waals surface area contributed by atoms with Gasteiger partial charge in [0, 0.05) is 53.3 Å². The molecule has 0 amide bonds. The maximum Gasteiger partial charge on any atom is 0.361 e. The summed E-state index contributed by atoms with van der Waals surface area (Å²) < 4.78 is 12.6. The van der Waals surface area contributed by atoms with Crippen molar-refractivity contribution in [2.75, 3.05) is 13.2 Å². The van der Waals surface area contributed by atoms with Crippen molar-refractivity contribution in [2.45, 2.75) is 73.8 Å². The number of fused-ring (bicyclic) bond motifs is 3. The normalized spacial score (nSPS) is 12.7. The molecule has 0 fully saturated rings. The molecule has 0 radical (unpaired) electrons. The van der Waals surface area contributed by atoms with Gasteiger partial charge in [0.15, 0.2) is 11.4 Å². The first-order valence-corrected chi connectivity index (χ1v) is 14.6. The van der Waals surface area contributed by atoms with Crippen LogP contribution in [0.15, 0.2) is 46.7 Å². The molecule has 0 aliphatic rings. The maximum atomic E-state index is 12.8. The van der Waals surface area contributed by atoms with E-state index in [9.17, 15) is 19.2 Å². The summed E-state index contributed by atoms with van der Waals surface area (Å²) in [5.41, 5.74) is 2.25. The molecule has 0 aliphatic carbocycles. The average molecular weight is 594 g/mol. The Kier molecular flexibility index (Phi) is 12.0. The van der Waals surface area contributed by atoms with E-state index in [2.05, 4.69) is 28.7 Å². The maximum absolute atomic E-state index is 12.8. The molecule has 43 heavy (non-hydrogen) atoms. The van der Waals surface area contributed by atoms with Gasteiger partial charge in [-0.3, -0.25) is 0 Å². The number of carbonyl (C=O) groups excluding carboxylic acids is 4. The molecule has 11 nitrogen and oxygen atoms in total. The number of esters is 2. The van der Waals surface area contributed by atoms with Gasteiger partial charge in [0.2, 0.25) is 0 Å². The summed E-state index contributed by atoms with van der Waals surface area (Å²) in [6.07, 6.45) is 4.30. The van der Waals surface area contributed by atoms with Gasteiger partial charge in [-0.2, -0.15) is 0 Å². The van der Waals surface area contributed by atoms with Gasteiger partial charge in [-0.05, 0) is 50.5 Å². The van der Waals surface area contributed by atoms with Gasteiger partial charge in [-0.15, -0.1) is 0 Å². The molecule has 230 valence electrons. The SMILES string of the molecule is CCCCC(CC)Cn1c2ccc(/C(=N/OC(C)=O)C(=O)OCC)cc2c2cc(/C(=N/OC(C)=O)C(=O)OCC)ccc21. The van der Waals surface area contributed by atoms with Gasteiger partial charge in [0.1, 0.15) is 0 Å². The molecule has 11 heteroatoms. The zero-order chi connectivity index (χ0) is 31.5. The zero-order valence-corrected chi connectivity index (χ0v) is 25.6. The van der Waals surface area contributed by atoms with Gasteiger partial charge < -0.3 is 23.7 Å². The second-order valence-electron chi connectivity index (χ2n) is 9.98. The monoisotopic (exact) mass is 593 g/mol. The first-order chi connectivity index (χ1) is 20.6. The number of unbranched alkanes of at least 4 members (excludes halogenated alkanes) is 1. The third-order valence-electron chi connectivity index (χ3n) is 6.86. The van der Waals surface area contributed by atoms with E-state index in [0.717, 1.165) is 54.0 Å². The van der Waals surface area contributed by atoms with Crippen LogP contribution in [0.4, 0.5) is 0 Å². The highest BCUT2D eigenvalue weighted by Crippen LogP contribution is 2.33. The number of nitrogens with zero attached hydrogens (tertiary/aromatic N) is 3. The van der Waals surface area contributed by atoms with Crippen LogP contribution in [0, 0.1) is 5.92 Å². The summed E-state index contributed by atoms with van der Waals surface area (Å²) in [6.45, 7) is 11.0. The fourth-order valence-electron chi connectivity index (χ4n) is 4.81. The minimum Gasteiger partial charge on any atom is -0.461 e. The molecule has 0 saturated carbocycles. The fraction of sp³-hybridized carbons (Fsp3) is 0.438. The average Bonchev–Trinajstić information content (AvgIpc) is 3.27. The summed E-state index contributed by atoms with van der Waals surface area (Å²) in [6, 6.07) is 10.8. The van der Waals surface area contributed by atoms with Crippen LogP contribution in [0.3, 0.4) is 0 Å². The van der Waals surface area contributed by atoms with Crippen molar-refractivity contribution < 1.29 is 38.3 Å². The summed E-state index contributed by atoms with van der Waals surface area (Å²) >= 11 is 0. The van der Waals surface area contributed by atoms with Crippen molar-refractivity contribution >= 4 is 57.1 Å². The van der Waals surface area contributed by atoms with Crippen LogP contribution in [-0.2, 0) is 44.9 Å². The molecular weight excluding hydrogens is 554 g/mol. The number of hydrogen-bond acceptors (Lipinski definition) is 10. The van der Waals surface area contributed by atoms with Crippen LogP contribution >= 0.6 is 0 Å². The van der Waals surface area contributed by atoms with Gasteiger partial charge in [-0.25, -0.2) is 19.2 Å².